The standard InChI is InChI=1S/C23H23Cl2N3O3S/c1-31-18-8-4-16(5-9-18)26-21(29)13-20-22(30)28(17-6-7-17)23(32)27(20)11-10-14-2-3-15(24)12-19(14)25/h2-5,8-9,12,17,20H,6-7,10-11,13H2,1H3,(H,26,29)/t20-/m1/s1. The number of halogens is 2. The summed E-state index contributed by atoms with van der Waals surface area (Å²) in [6, 6.07) is 11.9. The highest BCUT2D eigenvalue weighted by molar-refractivity contribution is 7.80. The molecular weight excluding hydrogens is 469 g/mol. The van der Waals surface area contributed by atoms with Gasteiger partial charge in [0.25, 0.3) is 5.91 Å². The van der Waals surface area contributed by atoms with Gasteiger partial charge in [0.2, 0.25) is 5.91 Å². The largest absolute Gasteiger partial charge is 0.497 e. The number of anilines is 1. The third-order valence-corrected chi connectivity index (χ3v) is 6.67. The van der Waals surface area contributed by atoms with E-state index < -0.39 is 6.04 Å². The van der Waals surface area contributed by atoms with Crippen molar-refractivity contribution in [2.75, 3.05) is 19.0 Å². The Hall–Kier alpha value is -2.35. The predicted molar refractivity (Wildman–Crippen MR) is 129 cm³/mol. The Morgan fingerprint density at radius 1 is 1.19 bits per heavy atom. The van der Waals surface area contributed by atoms with Crippen molar-refractivity contribution < 1.29 is 14.3 Å². The van der Waals surface area contributed by atoms with Gasteiger partial charge in [-0.1, -0.05) is 29.3 Å². The molecule has 1 aliphatic heterocycles. The number of carbonyl (C=O) groups is 2. The molecule has 2 aromatic rings. The monoisotopic (exact) mass is 491 g/mol. The molecule has 1 N–H and O–H groups in total. The van der Waals surface area contributed by atoms with E-state index in [4.69, 9.17) is 40.2 Å². The topological polar surface area (TPSA) is 61.9 Å². The van der Waals surface area contributed by atoms with Crippen LogP contribution in [0.25, 0.3) is 0 Å². The molecule has 32 heavy (non-hydrogen) atoms. The summed E-state index contributed by atoms with van der Waals surface area (Å²) in [7, 11) is 1.58. The number of hydrogen-bond acceptors (Lipinski definition) is 4. The van der Waals surface area contributed by atoms with Gasteiger partial charge in [-0.2, -0.15) is 0 Å². The van der Waals surface area contributed by atoms with Crippen LogP contribution in [-0.4, -0.2) is 52.5 Å². The molecule has 2 amide bonds. The molecule has 0 unspecified atom stereocenters. The zero-order valence-corrected chi connectivity index (χ0v) is 19.8. The van der Waals surface area contributed by atoms with Gasteiger partial charge in [0.15, 0.2) is 5.11 Å². The quantitative estimate of drug-likeness (QED) is 0.549. The van der Waals surface area contributed by atoms with E-state index in [2.05, 4.69) is 5.32 Å². The summed E-state index contributed by atoms with van der Waals surface area (Å²) < 4.78 is 5.14. The number of benzene rings is 2. The van der Waals surface area contributed by atoms with Gasteiger partial charge in [-0.25, -0.2) is 0 Å². The highest BCUT2D eigenvalue weighted by atomic mass is 35.5. The minimum Gasteiger partial charge on any atom is -0.497 e. The molecule has 2 aromatic carbocycles. The summed E-state index contributed by atoms with van der Waals surface area (Å²) in [5.41, 5.74) is 1.56. The predicted octanol–water partition coefficient (Wildman–Crippen LogP) is 4.53. The van der Waals surface area contributed by atoms with Crippen molar-refractivity contribution in [2.24, 2.45) is 0 Å². The fraction of sp³-hybridized carbons (Fsp3) is 0.348. The number of rotatable bonds is 8. The molecule has 0 spiro atoms. The lowest BCUT2D eigenvalue weighted by Crippen LogP contribution is -2.39. The molecule has 0 aromatic heterocycles. The van der Waals surface area contributed by atoms with Gasteiger partial charge in [0.05, 0.1) is 13.5 Å². The van der Waals surface area contributed by atoms with E-state index >= 15 is 0 Å². The lowest BCUT2D eigenvalue weighted by molar-refractivity contribution is -0.131. The fourth-order valence-electron chi connectivity index (χ4n) is 3.80. The molecule has 9 heteroatoms. The van der Waals surface area contributed by atoms with E-state index in [9.17, 15) is 9.59 Å². The Kier molecular flexibility index (Phi) is 6.88. The van der Waals surface area contributed by atoms with Gasteiger partial charge in [-0.05, 0) is 73.4 Å². The van der Waals surface area contributed by atoms with Crippen molar-refractivity contribution in [1.29, 1.82) is 0 Å². The number of nitrogens with one attached hydrogen (secondary N) is 1. The van der Waals surface area contributed by atoms with E-state index in [-0.39, 0.29) is 24.3 Å². The summed E-state index contributed by atoms with van der Waals surface area (Å²) in [4.78, 5) is 29.5. The molecule has 0 radical (unpaired) electrons. The molecule has 4 rings (SSSR count). The molecule has 1 atom stereocenters. The van der Waals surface area contributed by atoms with E-state index in [0.29, 0.717) is 39.6 Å². The van der Waals surface area contributed by atoms with Crippen LogP contribution in [0.5, 0.6) is 5.75 Å². The van der Waals surface area contributed by atoms with Crippen molar-refractivity contribution in [2.45, 2.75) is 37.8 Å². The highest BCUT2D eigenvalue weighted by Gasteiger charge is 2.48. The van der Waals surface area contributed by atoms with Crippen LogP contribution in [0.4, 0.5) is 5.69 Å². The number of nitrogens with zero attached hydrogens (tertiary/aromatic N) is 2. The second-order valence-electron chi connectivity index (χ2n) is 7.90. The zero-order chi connectivity index (χ0) is 22.8. The van der Waals surface area contributed by atoms with Crippen LogP contribution < -0.4 is 10.1 Å². The van der Waals surface area contributed by atoms with Gasteiger partial charge < -0.3 is 15.0 Å². The van der Waals surface area contributed by atoms with Crippen LogP contribution in [0.3, 0.4) is 0 Å². The number of methoxy groups -OCH3 is 1. The summed E-state index contributed by atoms with van der Waals surface area (Å²) in [6.45, 7) is 0.482. The van der Waals surface area contributed by atoms with Crippen molar-refractivity contribution in [3.63, 3.8) is 0 Å². The lowest BCUT2D eigenvalue weighted by Gasteiger charge is -2.24. The first-order valence-electron chi connectivity index (χ1n) is 10.4. The Labute approximate surface area is 202 Å². The van der Waals surface area contributed by atoms with E-state index in [1.807, 2.05) is 11.0 Å². The SMILES string of the molecule is COc1ccc(NC(=O)C[C@@H]2C(=O)N(C3CC3)C(=S)N2CCc2ccc(Cl)cc2Cl)cc1. The molecule has 168 valence electrons. The van der Waals surface area contributed by atoms with Crippen LogP contribution in [-0.2, 0) is 16.0 Å². The molecule has 0 bridgehead atoms. The normalized spacial score (nSPS) is 18.3. The number of carbonyl (C=O) groups excluding carboxylic acids is 2. The van der Waals surface area contributed by atoms with Crippen LogP contribution in [0.15, 0.2) is 42.5 Å². The maximum absolute atomic E-state index is 13.2. The van der Waals surface area contributed by atoms with E-state index in [1.54, 1.807) is 48.4 Å². The van der Waals surface area contributed by atoms with Crippen LogP contribution in [0, 0.1) is 0 Å². The Balaban J connectivity index is 1.47. The van der Waals surface area contributed by atoms with Gasteiger partial charge in [-0.3, -0.25) is 14.5 Å². The number of amides is 2. The molecule has 1 saturated heterocycles. The van der Waals surface area contributed by atoms with Crippen molar-refractivity contribution >= 4 is 58.0 Å². The zero-order valence-electron chi connectivity index (χ0n) is 17.5. The second kappa shape index (κ2) is 9.65. The lowest BCUT2D eigenvalue weighted by atomic mass is 10.1. The minimum absolute atomic E-state index is 0.0164. The first-order valence-corrected chi connectivity index (χ1v) is 11.6. The van der Waals surface area contributed by atoms with Crippen molar-refractivity contribution in [3.8, 4) is 5.75 Å². The highest BCUT2D eigenvalue weighted by Crippen LogP contribution is 2.34. The molecule has 1 saturated carbocycles. The minimum atomic E-state index is -0.632. The average molecular weight is 492 g/mol. The first-order chi connectivity index (χ1) is 15.4. The van der Waals surface area contributed by atoms with E-state index in [1.165, 1.54) is 0 Å². The van der Waals surface area contributed by atoms with Gasteiger partial charge in [-0.15, -0.1) is 0 Å². The maximum atomic E-state index is 13.2. The molecule has 6 nitrogen and oxygen atoms in total. The van der Waals surface area contributed by atoms with Crippen LogP contribution >= 0.6 is 35.4 Å². The summed E-state index contributed by atoms with van der Waals surface area (Å²) in [6.07, 6.45) is 2.47. The number of ether oxygens (including phenoxy) is 1. The second-order valence-corrected chi connectivity index (χ2v) is 9.11. The summed E-state index contributed by atoms with van der Waals surface area (Å²) in [5.74, 6) is 0.347. The smallest absolute Gasteiger partial charge is 0.252 e. The van der Waals surface area contributed by atoms with Crippen molar-refractivity contribution in [1.82, 2.24) is 9.80 Å². The van der Waals surface area contributed by atoms with Crippen LogP contribution in [0.2, 0.25) is 10.0 Å². The van der Waals surface area contributed by atoms with Crippen LogP contribution in [0.1, 0.15) is 24.8 Å². The summed E-state index contributed by atoms with van der Waals surface area (Å²) in [5, 5.41) is 4.48. The Morgan fingerprint density at radius 2 is 1.91 bits per heavy atom. The number of thiocarbonyl (C=S) groups is 1. The number of hydrogen-bond donors (Lipinski definition) is 1. The third kappa shape index (κ3) is 5.00. The summed E-state index contributed by atoms with van der Waals surface area (Å²) >= 11 is 18.0. The van der Waals surface area contributed by atoms with Gasteiger partial charge in [0, 0.05) is 28.3 Å². The third-order valence-electron chi connectivity index (χ3n) is 5.65. The maximum Gasteiger partial charge on any atom is 0.252 e. The van der Waals surface area contributed by atoms with Gasteiger partial charge >= 0.3 is 0 Å². The molecular formula is C23H23Cl2N3O3S. The van der Waals surface area contributed by atoms with E-state index in [0.717, 1.165) is 18.4 Å². The molecule has 2 fully saturated rings. The van der Waals surface area contributed by atoms with Crippen molar-refractivity contribution in [3.05, 3.63) is 58.1 Å². The molecule has 1 aliphatic carbocycles. The average Bonchev–Trinajstić information content (AvgIpc) is 3.56. The van der Waals surface area contributed by atoms with Gasteiger partial charge in [0.1, 0.15) is 11.8 Å². The molecule has 1 heterocycles. The Morgan fingerprint density at radius 3 is 2.53 bits per heavy atom. The molecule has 2 aliphatic rings. The fourth-order valence-corrected chi connectivity index (χ4v) is 4.77. The first kappa shape index (κ1) is 22.8. The Bertz CT molecular complexity index is 1040.